The molecule has 112 valence electrons. The first-order chi connectivity index (χ1) is 10.2. The number of benzene rings is 1. The zero-order valence-corrected chi connectivity index (χ0v) is 12.2. The molecule has 5 heteroatoms. The second kappa shape index (κ2) is 5.07. The normalized spacial score (nSPS) is 27.9. The van der Waals surface area contributed by atoms with E-state index in [0.717, 1.165) is 48.2 Å². The molecule has 0 amide bonds. The Morgan fingerprint density at radius 2 is 2.24 bits per heavy atom. The Morgan fingerprint density at radius 1 is 1.38 bits per heavy atom. The van der Waals surface area contributed by atoms with Gasteiger partial charge in [-0.15, -0.1) is 0 Å². The van der Waals surface area contributed by atoms with Gasteiger partial charge in [0.15, 0.2) is 0 Å². The summed E-state index contributed by atoms with van der Waals surface area (Å²) in [6.07, 6.45) is 1.88. The van der Waals surface area contributed by atoms with Gasteiger partial charge in [0.2, 0.25) is 0 Å². The number of nitrogens with one attached hydrogen (secondary N) is 1. The first kappa shape index (κ1) is 13.2. The average Bonchev–Trinajstić information content (AvgIpc) is 2.83. The molecule has 2 unspecified atom stereocenters. The van der Waals surface area contributed by atoms with E-state index >= 15 is 0 Å². The van der Waals surface area contributed by atoms with Gasteiger partial charge >= 0.3 is 0 Å². The summed E-state index contributed by atoms with van der Waals surface area (Å²) < 4.78 is 19.9. The number of hydrogen-bond acceptors (Lipinski definition) is 3. The smallest absolute Gasteiger partial charge is 0.120 e. The van der Waals surface area contributed by atoms with Gasteiger partial charge in [0.05, 0.1) is 31.0 Å². The van der Waals surface area contributed by atoms with Gasteiger partial charge in [-0.25, -0.2) is 4.39 Å². The Labute approximate surface area is 123 Å². The van der Waals surface area contributed by atoms with Gasteiger partial charge in [-0.2, -0.15) is 5.10 Å². The number of nitrogens with zero attached hydrogens (tertiary/aromatic N) is 2. The van der Waals surface area contributed by atoms with Crippen LogP contribution in [0.15, 0.2) is 18.3 Å². The second-order valence-corrected chi connectivity index (χ2v) is 6.26. The van der Waals surface area contributed by atoms with Crippen molar-refractivity contribution in [1.82, 2.24) is 15.1 Å². The molecule has 1 N–H and O–H groups in total. The third-order valence-electron chi connectivity index (χ3n) is 4.94. The van der Waals surface area contributed by atoms with Crippen molar-refractivity contribution >= 4 is 10.9 Å². The lowest BCUT2D eigenvalue weighted by Crippen LogP contribution is -2.54. The molecule has 3 heterocycles. The van der Waals surface area contributed by atoms with Crippen LogP contribution in [0.3, 0.4) is 0 Å². The van der Waals surface area contributed by atoms with E-state index in [4.69, 9.17) is 4.74 Å². The largest absolute Gasteiger partial charge is 0.378 e. The van der Waals surface area contributed by atoms with Crippen LogP contribution in [0.4, 0.5) is 4.39 Å². The number of fused-ring (bicyclic) bond motifs is 1. The van der Waals surface area contributed by atoms with E-state index in [-0.39, 0.29) is 5.92 Å². The predicted molar refractivity (Wildman–Crippen MR) is 79.3 cm³/mol. The van der Waals surface area contributed by atoms with Crippen molar-refractivity contribution in [3.63, 3.8) is 0 Å². The Kier molecular flexibility index (Phi) is 3.19. The van der Waals surface area contributed by atoms with E-state index in [0.29, 0.717) is 12.6 Å². The monoisotopic (exact) mass is 289 g/mol. The van der Waals surface area contributed by atoms with Crippen molar-refractivity contribution in [2.45, 2.75) is 31.5 Å². The number of H-pyrrole nitrogens is 1. The van der Waals surface area contributed by atoms with Crippen LogP contribution in [0.5, 0.6) is 0 Å². The highest BCUT2D eigenvalue weighted by molar-refractivity contribution is 5.79. The molecule has 4 rings (SSSR count). The summed E-state index contributed by atoms with van der Waals surface area (Å²) in [6, 6.07) is 4.62. The number of piperidine rings is 1. The number of halogens is 1. The van der Waals surface area contributed by atoms with Crippen LogP contribution in [-0.2, 0) is 4.74 Å². The third kappa shape index (κ3) is 2.24. The molecule has 0 spiro atoms. The SMILES string of the molecule is Cc1cc2cn[nH]c2cc1C1CCN(C2COC2)CC1F. The van der Waals surface area contributed by atoms with Gasteiger partial charge in [-0.05, 0) is 43.1 Å². The Morgan fingerprint density at radius 3 is 2.95 bits per heavy atom. The molecule has 2 aliphatic rings. The van der Waals surface area contributed by atoms with E-state index in [1.165, 1.54) is 0 Å². The van der Waals surface area contributed by atoms with Crippen molar-refractivity contribution in [1.29, 1.82) is 0 Å². The van der Waals surface area contributed by atoms with Crippen LogP contribution in [0.25, 0.3) is 10.9 Å². The van der Waals surface area contributed by atoms with Crippen molar-refractivity contribution in [2.75, 3.05) is 26.3 Å². The molecule has 1 aromatic heterocycles. The van der Waals surface area contributed by atoms with Crippen molar-refractivity contribution in [2.24, 2.45) is 0 Å². The van der Waals surface area contributed by atoms with E-state index in [9.17, 15) is 4.39 Å². The second-order valence-electron chi connectivity index (χ2n) is 6.26. The highest BCUT2D eigenvalue weighted by Gasteiger charge is 2.36. The van der Waals surface area contributed by atoms with Gasteiger partial charge < -0.3 is 4.74 Å². The Hall–Kier alpha value is -1.46. The maximum atomic E-state index is 14.7. The molecule has 2 aromatic rings. The van der Waals surface area contributed by atoms with Gasteiger partial charge in [0.25, 0.3) is 0 Å². The summed E-state index contributed by atoms with van der Waals surface area (Å²) in [6.45, 7) is 5.08. The first-order valence-electron chi connectivity index (χ1n) is 7.62. The van der Waals surface area contributed by atoms with Crippen molar-refractivity contribution < 1.29 is 9.13 Å². The molecule has 4 nitrogen and oxygen atoms in total. The predicted octanol–water partition coefficient (Wildman–Crippen LogP) is 2.40. The summed E-state index contributed by atoms with van der Waals surface area (Å²) in [5.74, 6) is -0.00468. The molecule has 1 aromatic carbocycles. The maximum Gasteiger partial charge on any atom is 0.120 e. The number of hydrogen-bond donors (Lipinski definition) is 1. The molecule has 0 saturated carbocycles. The quantitative estimate of drug-likeness (QED) is 0.923. The molecular formula is C16H20FN3O. The molecule has 2 saturated heterocycles. The summed E-state index contributed by atoms with van der Waals surface area (Å²) in [5, 5.41) is 8.14. The van der Waals surface area contributed by atoms with Crippen LogP contribution >= 0.6 is 0 Å². The van der Waals surface area contributed by atoms with Crippen LogP contribution in [-0.4, -0.2) is 53.6 Å². The van der Waals surface area contributed by atoms with Crippen molar-refractivity contribution in [3.05, 3.63) is 29.5 Å². The number of aryl methyl sites for hydroxylation is 1. The van der Waals surface area contributed by atoms with Crippen LogP contribution in [0, 0.1) is 6.92 Å². The van der Waals surface area contributed by atoms with Crippen molar-refractivity contribution in [3.8, 4) is 0 Å². The van der Waals surface area contributed by atoms with E-state index in [1.807, 2.05) is 6.20 Å². The zero-order chi connectivity index (χ0) is 14.4. The fourth-order valence-electron chi connectivity index (χ4n) is 3.57. The molecular weight excluding hydrogens is 269 g/mol. The minimum Gasteiger partial charge on any atom is -0.378 e. The third-order valence-corrected chi connectivity index (χ3v) is 4.94. The zero-order valence-electron chi connectivity index (χ0n) is 12.2. The summed E-state index contributed by atoms with van der Waals surface area (Å²) in [4.78, 5) is 2.24. The summed E-state index contributed by atoms with van der Waals surface area (Å²) in [5.41, 5.74) is 3.29. The number of rotatable bonds is 2. The number of ether oxygens (including phenoxy) is 1. The fraction of sp³-hybridized carbons (Fsp3) is 0.562. The molecule has 0 bridgehead atoms. The van der Waals surface area contributed by atoms with Gasteiger partial charge in [-0.1, -0.05) is 0 Å². The number of alkyl halides is 1. The maximum absolute atomic E-state index is 14.7. The minimum absolute atomic E-state index is 0.00468. The highest BCUT2D eigenvalue weighted by atomic mass is 19.1. The Balaban J connectivity index is 1.58. The number of aromatic nitrogens is 2. The lowest BCUT2D eigenvalue weighted by Gasteiger charge is -2.43. The highest BCUT2D eigenvalue weighted by Crippen LogP contribution is 2.35. The van der Waals surface area contributed by atoms with Gasteiger partial charge in [0.1, 0.15) is 6.17 Å². The minimum atomic E-state index is -0.807. The summed E-state index contributed by atoms with van der Waals surface area (Å²) >= 11 is 0. The molecule has 2 aliphatic heterocycles. The Bertz CT molecular complexity index is 652. The standard InChI is InChI=1S/C16H20FN3O/c1-10-4-11-6-18-19-16(11)5-14(10)13-2-3-20(7-15(13)17)12-8-21-9-12/h4-6,12-13,15H,2-3,7-9H2,1H3,(H,18,19). The molecule has 0 aliphatic carbocycles. The lowest BCUT2D eigenvalue weighted by molar-refractivity contribution is -0.0807. The van der Waals surface area contributed by atoms with E-state index < -0.39 is 6.17 Å². The fourth-order valence-corrected chi connectivity index (χ4v) is 3.57. The molecule has 2 atom stereocenters. The van der Waals surface area contributed by atoms with Crippen LogP contribution in [0.2, 0.25) is 0 Å². The summed E-state index contributed by atoms with van der Waals surface area (Å²) in [7, 11) is 0. The van der Waals surface area contributed by atoms with E-state index in [1.54, 1.807) is 0 Å². The lowest BCUT2D eigenvalue weighted by atomic mass is 9.84. The van der Waals surface area contributed by atoms with Gasteiger partial charge in [-0.3, -0.25) is 10.00 Å². The number of aromatic amines is 1. The molecule has 21 heavy (non-hydrogen) atoms. The number of likely N-dealkylation sites (tertiary alicyclic amines) is 1. The molecule has 0 radical (unpaired) electrons. The van der Waals surface area contributed by atoms with Gasteiger partial charge in [0, 0.05) is 17.8 Å². The molecule has 2 fully saturated rings. The average molecular weight is 289 g/mol. The van der Waals surface area contributed by atoms with Crippen LogP contribution in [0.1, 0.15) is 23.5 Å². The topological polar surface area (TPSA) is 41.2 Å². The first-order valence-corrected chi connectivity index (χ1v) is 7.62. The van der Waals surface area contributed by atoms with Crippen LogP contribution < -0.4 is 0 Å². The van der Waals surface area contributed by atoms with E-state index in [2.05, 4.69) is 34.2 Å².